The molecular formula is C28H25ClN8O. The van der Waals surface area contributed by atoms with Crippen LogP contribution in [0.1, 0.15) is 48.3 Å². The molecule has 10 heteroatoms. The molecule has 0 spiro atoms. The largest absolute Gasteiger partial charge is 0.388 e. The van der Waals surface area contributed by atoms with Crippen LogP contribution in [-0.4, -0.2) is 36.1 Å². The molecule has 190 valence electrons. The number of fused-ring (bicyclic) bond motifs is 1. The molecule has 5 rings (SSSR count). The minimum absolute atomic E-state index is 0.330. The highest BCUT2D eigenvalue weighted by Gasteiger charge is 2.30. The fourth-order valence-corrected chi connectivity index (χ4v) is 4.70. The molecule has 0 aliphatic carbocycles. The Kier molecular flexibility index (Phi) is 6.92. The molecule has 0 fully saturated rings. The zero-order valence-corrected chi connectivity index (χ0v) is 21.5. The number of H-pyrrole nitrogens is 1. The maximum absolute atomic E-state index is 11.1. The van der Waals surface area contributed by atoms with Gasteiger partial charge in [-0.3, -0.25) is 9.97 Å². The van der Waals surface area contributed by atoms with Crippen LogP contribution in [0.25, 0.3) is 10.9 Å². The van der Waals surface area contributed by atoms with Crippen LogP contribution < -0.4 is 10.6 Å². The third-order valence-electron chi connectivity index (χ3n) is 6.23. The zero-order chi connectivity index (χ0) is 26.7. The number of hydrogen-bond donors (Lipinski definition) is 4. The van der Waals surface area contributed by atoms with Gasteiger partial charge in [-0.15, -0.1) is 0 Å². The summed E-state index contributed by atoms with van der Waals surface area (Å²) in [5.74, 6) is 0. The Morgan fingerprint density at radius 1 is 1.03 bits per heavy atom. The lowest BCUT2D eigenvalue weighted by Gasteiger charge is -2.32. The molecule has 5 aromatic rings. The Hall–Kier alpha value is -4.52. The Labute approximate surface area is 224 Å². The van der Waals surface area contributed by atoms with Crippen molar-refractivity contribution in [2.45, 2.75) is 31.5 Å². The molecule has 0 bridgehead atoms. The molecule has 9 nitrogen and oxygen atoms in total. The molecule has 2 aromatic carbocycles. The number of benzene rings is 2. The van der Waals surface area contributed by atoms with Crippen molar-refractivity contribution in [3.8, 4) is 6.07 Å². The molecular weight excluding hydrogens is 500 g/mol. The van der Waals surface area contributed by atoms with E-state index in [1.807, 2.05) is 48.5 Å². The molecule has 3 heterocycles. The number of aliphatic hydroxyl groups is 1. The quantitative estimate of drug-likeness (QED) is 0.212. The van der Waals surface area contributed by atoms with Crippen molar-refractivity contribution < 1.29 is 5.11 Å². The maximum Gasteiger partial charge on any atom is 0.109 e. The molecule has 3 aromatic heterocycles. The van der Waals surface area contributed by atoms with E-state index in [1.165, 1.54) is 6.20 Å². The predicted octanol–water partition coefficient (Wildman–Crippen LogP) is 5.40. The van der Waals surface area contributed by atoms with Crippen molar-refractivity contribution in [1.29, 1.82) is 5.26 Å². The van der Waals surface area contributed by atoms with Gasteiger partial charge in [-0.05, 0) is 43.2 Å². The fraction of sp³-hybridized carbons (Fsp3) is 0.179. The van der Waals surface area contributed by atoms with E-state index in [2.05, 4.69) is 42.1 Å². The third kappa shape index (κ3) is 5.13. The van der Waals surface area contributed by atoms with Gasteiger partial charge in [0.1, 0.15) is 11.8 Å². The summed E-state index contributed by atoms with van der Waals surface area (Å²) >= 11 is 6.72. The SMILES string of the molecule is CC(C)(O)[C@H](Nc1c(C#N)cnc2c(Cl)cc(N[C@@H](c3cccnc3)c3cn[nH]n3)cc12)c1ccccc1. The number of pyridine rings is 2. The summed E-state index contributed by atoms with van der Waals surface area (Å²) in [4.78, 5) is 8.70. The van der Waals surface area contributed by atoms with Crippen molar-refractivity contribution in [2.24, 2.45) is 0 Å². The molecule has 2 atom stereocenters. The van der Waals surface area contributed by atoms with E-state index >= 15 is 0 Å². The molecule has 0 saturated heterocycles. The smallest absolute Gasteiger partial charge is 0.109 e. The minimum Gasteiger partial charge on any atom is -0.388 e. The van der Waals surface area contributed by atoms with E-state index in [0.717, 1.165) is 11.1 Å². The molecule has 0 aliphatic heterocycles. The Balaban J connectivity index is 1.63. The van der Waals surface area contributed by atoms with Crippen molar-refractivity contribution in [3.63, 3.8) is 0 Å². The van der Waals surface area contributed by atoms with Gasteiger partial charge in [0.25, 0.3) is 0 Å². The first-order valence-corrected chi connectivity index (χ1v) is 12.3. The van der Waals surface area contributed by atoms with Crippen molar-refractivity contribution >= 4 is 33.9 Å². The van der Waals surface area contributed by atoms with Gasteiger partial charge in [-0.1, -0.05) is 48.0 Å². The minimum atomic E-state index is -1.15. The van der Waals surface area contributed by atoms with Gasteiger partial charge in [-0.2, -0.15) is 20.7 Å². The van der Waals surface area contributed by atoms with E-state index < -0.39 is 11.6 Å². The Bertz CT molecular complexity index is 1580. The monoisotopic (exact) mass is 524 g/mol. The topological polar surface area (TPSA) is 135 Å². The van der Waals surface area contributed by atoms with Gasteiger partial charge < -0.3 is 15.7 Å². The summed E-state index contributed by atoms with van der Waals surface area (Å²) in [6.45, 7) is 3.45. The highest BCUT2D eigenvalue weighted by Crippen LogP contribution is 2.38. The molecule has 0 saturated carbocycles. The number of aromatic nitrogens is 5. The van der Waals surface area contributed by atoms with Crippen LogP contribution in [0.4, 0.5) is 11.4 Å². The van der Waals surface area contributed by atoms with E-state index in [4.69, 9.17) is 11.6 Å². The second-order valence-electron chi connectivity index (χ2n) is 9.41. The Morgan fingerprint density at radius 3 is 2.47 bits per heavy atom. The number of aromatic amines is 1. The lowest BCUT2D eigenvalue weighted by Crippen LogP contribution is -2.34. The van der Waals surface area contributed by atoms with Crippen molar-refractivity contribution in [3.05, 3.63) is 107 Å². The number of nitrogens with one attached hydrogen (secondary N) is 3. The molecule has 0 amide bonds. The molecule has 0 unspecified atom stereocenters. The van der Waals surface area contributed by atoms with E-state index in [9.17, 15) is 10.4 Å². The van der Waals surface area contributed by atoms with Crippen LogP contribution in [0.15, 0.2) is 79.4 Å². The average Bonchev–Trinajstić information content (AvgIpc) is 3.45. The summed E-state index contributed by atoms with van der Waals surface area (Å²) < 4.78 is 0. The van der Waals surface area contributed by atoms with Gasteiger partial charge in [0.2, 0.25) is 0 Å². The van der Waals surface area contributed by atoms with Crippen LogP contribution in [0.2, 0.25) is 5.02 Å². The van der Waals surface area contributed by atoms with E-state index in [-0.39, 0.29) is 6.04 Å². The van der Waals surface area contributed by atoms with Crippen molar-refractivity contribution in [2.75, 3.05) is 10.6 Å². The van der Waals surface area contributed by atoms with Gasteiger partial charge >= 0.3 is 0 Å². The zero-order valence-electron chi connectivity index (χ0n) is 20.7. The third-order valence-corrected chi connectivity index (χ3v) is 6.52. The van der Waals surface area contributed by atoms with Gasteiger partial charge in [0.05, 0.1) is 45.7 Å². The van der Waals surface area contributed by atoms with Crippen LogP contribution in [-0.2, 0) is 0 Å². The van der Waals surface area contributed by atoms with Crippen LogP contribution in [0.5, 0.6) is 0 Å². The standard InChI is InChI=1S/C28H25ClN8O/c1-28(2,38)27(17-7-4-3-5-8-17)35-24-19(13-30)15-32-26-21(24)11-20(12-22(26)29)34-25(23-16-33-37-36-23)18-9-6-10-31-14-18/h3-12,14-16,25,27,34,38H,1-2H3,(H,32,35)(H,33,36,37)/t25-,27+/m0/s1. The lowest BCUT2D eigenvalue weighted by molar-refractivity contribution is 0.0589. The number of nitriles is 1. The Morgan fingerprint density at radius 2 is 1.82 bits per heavy atom. The number of rotatable bonds is 8. The van der Waals surface area contributed by atoms with E-state index in [1.54, 1.807) is 38.5 Å². The summed E-state index contributed by atoms with van der Waals surface area (Å²) in [5.41, 5.74) is 3.33. The lowest BCUT2D eigenvalue weighted by atomic mass is 9.91. The second-order valence-corrected chi connectivity index (χ2v) is 9.82. The van der Waals surface area contributed by atoms with Crippen LogP contribution in [0, 0.1) is 11.3 Å². The normalized spacial score (nSPS) is 13.0. The predicted molar refractivity (Wildman–Crippen MR) is 147 cm³/mol. The highest BCUT2D eigenvalue weighted by molar-refractivity contribution is 6.35. The molecule has 38 heavy (non-hydrogen) atoms. The molecule has 4 N–H and O–H groups in total. The van der Waals surface area contributed by atoms with Crippen molar-refractivity contribution in [1.82, 2.24) is 25.4 Å². The summed E-state index contributed by atoms with van der Waals surface area (Å²) in [7, 11) is 0. The molecule has 0 aliphatic rings. The highest BCUT2D eigenvalue weighted by atomic mass is 35.5. The number of nitrogens with zero attached hydrogens (tertiary/aromatic N) is 5. The van der Waals surface area contributed by atoms with Crippen LogP contribution in [0.3, 0.4) is 0 Å². The van der Waals surface area contributed by atoms with Gasteiger partial charge in [0, 0.05) is 29.7 Å². The average molecular weight is 525 g/mol. The first-order valence-electron chi connectivity index (χ1n) is 11.9. The van der Waals surface area contributed by atoms with Crippen LogP contribution >= 0.6 is 11.6 Å². The first kappa shape index (κ1) is 25.1. The van der Waals surface area contributed by atoms with E-state index in [0.29, 0.717) is 38.6 Å². The number of halogens is 1. The number of anilines is 2. The van der Waals surface area contributed by atoms with Gasteiger partial charge in [0.15, 0.2) is 0 Å². The second kappa shape index (κ2) is 10.5. The number of hydrogen-bond acceptors (Lipinski definition) is 8. The molecule has 0 radical (unpaired) electrons. The maximum atomic E-state index is 11.1. The first-order chi connectivity index (χ1) is 18.3. The summed E-state index contributed by atoms with van der Waals surface area (Å²) in [5, 5.41) is 39.8. The fourth-order valence-electron chi connectivity index (χ4n) is 4.43. The van der Waals surface area contributed by atoms with Gasteiger partial charge in [-0.25, -0.2) is 0 Å². The summed E-state index contributed by atoms with van der Waals surface area (Å²) in [6, 6.07) is 18.4. The summed E-state index contributed by atoms with van der Waals surface area (Å²) in [6.07, 6.45) is 6.59.